The predicted octanol–water partition coefficient (Wildman–Crippen LogP) is 1.65. The minimum Gasteiger partial charge on any atom is -0.254 e. The fourth-order valence-corrected chi connectivity index (χ4v) is 1.39. The molecule has 2 rings (SSSR count). The Morgan fingerprint density at radius 3 is 2.67 bits per heavy atom. The second kappa shape index (κ2) is 2.30. The third kappa shape index (κ3) is 0.826. The van der Waals surface area contributed by atoms with Gasteiger partial charge in [-0.05, 0) is 26.8 Å². The van der Waals surface area contributed by atoms with Crippen LogP contribution in [0.3, 0.4) is 0 Å². The highest BCUT2D eigenvalue weighted by molar-refractivity contribution is 5.51. The minimum absolute atomic E-state index is 1.04. The minimum atomic E-state index is 1.04. The summed E-state index contributed by atoms with van der Waals surface area (Å²) in [5, 5.41) is 4.22. The number of fused-ring (bicyclic) bond motifs is 1. The summed E-state index contributed by atoms with van der Waals surface area (Å²) in [5.41, 5.74) is 4.29. The highest BCUT2D eigenvalue weighted by atomic mass is 15.2. The summed E-state index contributed by atoms with van der Waals surface area (Å²) in [4.78, 5) is 4.41. The highest BCUT2D eigenvalue weighted by Crippen LogP contribution is 2.11. The average molecular weight is 161 g/mol. The maximum atomic E-state index is 4.41. The topological polar surface area (TPSA) is 30.2 Å². The Morgan fingerprint density at radius 1 is 1.17 bits per heavy atom. The van der Waals surface area contributed by atoms with Gasteiger partial charge in [-0.1, -0.05) is 0 Å². The van der Waals surface area contributed by atoms with Gasteiger partial charge in [0, 0.05) is 0 Å². The molecule has 12 heavy (non-hydrogen) atoms. The van der Waals surface area contributed by atoms with Crippen LogP contribution >= 0.6 is 0 Å². The van der Waals surface area contributed by atoms with Crippen molar-refractivity contribution >= 4 is 5.52 Å². The van der Waals surface area contributed by atoms with Crippen LogP contribution in [-0.2, 0) is 0 Å². The third-order valence-corrected chi connectivity index (χ3v) is 2.19. The lowest BCUT2D eigenvalue weighted by Crippen LogP contribution is -2.01. The van der Waals surface area contributed by atoms with Crippen LogP contribution in [0.25, 0.3) is 5.52 Å². The van der Waals surface area contributed by atoms with Crippen molar-refractivity contribution in [2.45, 2.75) is 20.8 Å². The quantitative estimate of drug-likeness (QED) is 0.588. The van der Waals surface area contributed by atoms with Gasteiger partial charge in [0.1, 0.15) is 0 Å². The average Bonchev–Trinajstić information content (AvgIpc) is 2.48. The van der Waals surface area contributed by atoms with Gasteiger partial charge in [0.15, 0.2) is 0 Å². The molecular weight excluding hydrogens is 150 g/mol. The highest BCUT2D eigenvalue weighted by Gasteiger charge is 2.04. The lowest BCUT2D eigenvalue weighted by Gasteiger charge is -2.04. The first kappa shape index (κ1) is 7.28. The van der Waals surface area contributed by atoms with E-state index < -0.39 is 0 Å². The largest absolute Gasteiger partial charge is 0.254 e. The van der Waals surface area contributed by atoms with E-state index in [4.69, 9.17) is 0 Å². The van der Waals surface area contributed by atoms with Crippen LogP contribution in [0.5, 0.6) is 0 Å². The Morgan fingerprint density at radius 2 is 1.92 bits per heavy atom. The number of rotatable bonds is 0. The van der Waals surface area contributed by atoms with E-state index in [1.54, 1.807) is 6.20 Å². The number of aromatic nitrogens is 3. The molecule has 0 radical (unpaired) electrons. The molecule has 0 N–H and O–H groups in total. The Kier molecular flexibility index (Phi) is 1.40. The lowest BCUT2D eigenvalue weighted by molar-refractivity contribution is 0.867. The van der Waals surface area contributed by atoms with E-state index in [2.05, 4.69) is 10.1 Å². The van der Waals surface area contributed by atoms with Gasteiger partial charge in [0.25, 0.3) is 0 Å². The smallest absolute Gasteiger partial charge is 0.0877 e. The van der Waals surface area contributed by atoms with Crippen LogP contribution in [0, 0.1) is 20.8 Å². The zero-order valence-electron chi connectivity index (χ0n) is 7.50. The van der Waals surface area contributed by atoms with Gasteiger partial charge in [0.2, 0.25) is 0 Å². The van der Waals surface area contributed by atoms with Crippen molar-refractivity contribution in [3.05, 3.63) is 29.3 Å². The molecule has 3 nitrogen and oxygen atoms in total. The molecule has 0 bridgehead atoms. The number of hydrogen-bond acceptors (Lipinski definition) is 2. The number of aryl methyl sites for hydroxylation is 3. The van der Waals surface area contributed by atoms with Gasteiger partial charge in [-0.25, -0.2) is 4.52 Å². The molecule has 0 fully saturated rings. The van der Waals surface area contributed by atoms with Gasteiger partial charge < -0.3 is 0 Å². The van der Waals surface area contributed by atoms with Crippen molar-refractivity contribution in [1.82, 2.24) is 14.6 Å². The molecule has 2 aromatic rings. The van der Waals surface area contributed by atoms with Gasteiger partial charge in [-0.2, -0.15) is 5.10 Å². The van der Waals surface area contributed by atoms with E-state index >= 15 is 0 Å². The molecule has 0 spiro atoms. The third-order valence-electron chi connectivity index (χ3n) is 2.19. The summed E-state index contributed by atoms with van der Waals surface area (Å²) in [7, 11) is 0. The van der Waals surface area contributed by atoms with Crippen molar-refractivity contribution in [3.8, 4) is 0 Å². The lowest BCUT2D eigenvalue weighted by atomic mass is 10.3. The van der Waals surface area contributed by atoms with Gasteiger partial charge in [-0.3, -0.25) is 4.98 Å². The van der Waals surface area contributed by atoms with E-state index in [-0.39, 0.29) is 0 Å². The zero-order chi connectivity index (χ0) is 8.72. The first-order valence-electron chi connectivity index (χ1n) is 3.97. The summed E-state index contributed by atoms with van der Waals surface area (Å²) in [5.74, 6) is 0. The Balaban J connectivity index is 2.97. The molecule has 0 saturated carbocycles. The van der Waals surface area contributed by atoms with Crippen LogP contribution in [0.15, 0.2) is 12.3 Å². The predicted molar refractivity (Wildman–Crippen MR) is 47.2 cm³/mol. The molecule has 0 unspecified atom stereocenters. The maximum absolute atomic E-state index is 4.41. The molecule has 2 aromatic heterocycles. The van der Waals surface area contributed by atoms with Crippen molar-refractivity contribution in [2.24, 2.45) is 0 Å². The zero-order valence-corrected chi connectivity index (χ0v) is 7.50. The van der Waals surface area contributed by atoms with Crippen molar-refractivity contribution in [3.63, 3.8) is 0 Å². The van der Waals surface area contributed by atoms with Crippen molar-refractivity contribution < 1.29 is 0 Å². The summed E-state index contributed by atoms with van der Waals surface area (Å²) in [6, 6.07) is 1.98. The van der Waals surface area contributed by atoms with Gasteiger partial charge >= 0.3 is 0 Å². The van der Waals surface area contributed by atoms with Crippen LogP contribution in [-0.4, -0.2) is 14.6 Å². The molecule has 0 aliphatic carbocycles. The Hall–Kier alpha value is -1.38. The normalized spacial score (nSPS) is 10.9. The monoisotopic (exact) mass is 161 g/mol. The second-order valence-corrected chi connectivity index (χ2v) is 3.00. The molecular formula is C9H11N3. The molecule has 62 valence electrons. The molecule has 0 atom stereocenters. The standard InChI is InChI=1S/C9H11N3/c1-6-8(3)12-9(4-5-10-12)7(2)11-6/h4-5H,1-3H3. The Bertz CT molecular complexity index is 429. The molecule has 0 saturated heterocycles. The summed E-state index contributed by atoms with van der Waals surface area (Å²) in [6.45, 7) is 6.04. The fourth-order valence-electron chi connectivity index (χ4n) is 1.39. The van der Waals surface area contributed by atoms with Gasteiger partial charge in [0.05, 0.1) is 28.8 Å². The number of nitrogens with zero attached hydrogens (tertiary/aromatic N) is 3. The summed E-state index contributed by atoms with van der Waals surface area (Å²) >= 11 is 0. The molecule has 0 aliphatic heterocycles. The molecule has 0 aliphatic rings. The van der Waals surface area contributed by atoms with E-state index in [0.717, 1.165) is 22.6 Å². The van der Waals surface area contributed by atoms with Crippen molar-refractivity contribution in [1.29, 1.82) is 0 Å². The molecule has 0 aromatic carbocycles. The van der Waals surface area contributed by atoms with Crippen molar-refractivity contribution in [2.75, 3.05) is 0 Å². The van der Waals surface area contributed by atoms with Crippen LogP contribution in [0.4, 0.5) is 0 Å². The molecule has 2 heterocycles. The van der Waals surface area contributed by atoms with E-state index in [1.165, 1.54) is 0 Å². The Labute approximate surface area is 71.1 Å². The number of hydrogen-bond donors (Lipinski definition) is 0. The maximum Gasteiger partial charge on any atom is 0.0877 e. The van der Waals surface area contributed by atoms with E-state index in [9.17, 15) is 0 Å². The fraction of sp³-hybridized carbons (Fsp3) is 0.333. The second-order valence-electron chi connectivity index (χ2n) is 3.00. The first-order chi connectivity index (χ1) is 5.70. The van der Waals surface area contributed by atoms with Gasteiger partial charge in [-0.15, -0.1) is 0 Å². The molecule has 3 heteroatoms. The summed E-state index contributed by atoms with van der Waals surface area (Å²) < 4.78 is 1.93. The SMILES string of the molecule is Cc1nc(C)c2ccnn2c1C. The van der Waals surface area contributed by atoms with Crippen LogP contribution in [0.1, 0.15) is 17.1 Å². The van der Waals surface area contributed by atoms with E-state index in [1.807, 2.05) is 31.4 Å². The van der Waals surface area contributed by atoms with Crippen LogP contribution in [0.2, 0.25) is 0 Å². The van der Waals surface area contributed by atoms with E-state index in [0.29, 0.717) is 0 Å². The van der Waals surface area contributed by atoms with Crippen LogP contribution < -0.4 is 0 Å². The summed E-state index contributed by atoms with van der Waals surface area (Å²) in [6.07, 6.45) is 1.80. The molecule has 0 amide bonds. The first-order valence-corrected chi connectivity index (χ1v) is 3.97.